The number of fused-ring (bicyclic) bond motifs is 1. The Labute approximate surface area is 90.3 Å². The lowest BCUT2D eigenvalue weighted by atomic mass is 10.00. The Morgan fingerprint density at radius 2 is 2.00 bits per heavy atom. The zero-order valence-corrected chi connectivity index (χ0v) is 9.27. The van der Waals surface area contributed by atoms with E-state index in [0.717, 1.165) is 17.0 Å². The highest BCUT2D eigenvalue weighted by Gasteiger charge is 2.16. The van der Waals surface area contributed by atoms with Gasteiger partial charge in [0.15, 0.2) is 0 Å². The second-order valence-electron chi connectivity index (χ2n) is 4.01. The third kappa shape index (κ3) is 1.67. The van der Waals surface area contributed by atoms with Gasteiger partial charge in [-0.2, -0.15) is 0 Å². The Kier molecular flexibility index (Phi) is 2.80. The monoisotopic (exact) mass is 209 g/mol. The lowest BCUT2D eigenvalue weighted by Gasteiger charge is -2.13. The molecule has 0 spiro atoms. The van der Waals surface area contributed by atoms with Gasteiger partial charge in [0.25, 0.3) is 0 Å². The van der Waals surface area contributed by atoms with Crippen LogP contribution in [0, 0.1) is 0 Å². The summed E-state index contributed by atoms with van der Waals surface area (Å²) in [6.07, 6.45) is 4.57. The minimum absolute atomic E-state index is 0.0911. The Hall–Kier alpha value is -0.530. The van der Waals surface area contributed by atoms with Crippen LogP contribution in [0.15, 0.2) is 12.1 Å². The summed E-state index contributed by atoms with van der Waals surface area (Å²) in [5.74, 6) is 0. The first-order valence-electron chi connectivity index (χ1n) is 5.29. The fraction of sp³-hybridized carbons (Fsp3) is 0.500. The molecule has 1 aliphatic carbocycles. The van der Waals surface area contributed by atoms with E-state index in [9.17, 15) is 0 Å². The Balaban J connectivity index is 2.42. The maximum absolute atomic E-state index is 6.20. The summed E-state index contributed by atoms with van der Waals surface area (Å²) in [5.41, 5.74) is 10.00. The number of aryl methyl sites for hydroxylation is 2. The number of hydrogen-bond donors (Lipinski definition) is 1. The van der Waals surface area contributed by atoms with Crippen LogP contribution >= 0.6 is 11.6 Å². The summed E-state index contributed by atoms with van der Waals surface area (Å²) >= 11 is 6.20. The van der Waals surface area contributed by atoms with Crippen LogP contribution in [0.5, 0.6) is 0 Å². The molecule has 2 rings (SSSR count). The molecule has 76 valence electrons. The molecule has 0 aliphatic heterocycles. The minimum Gasteiger partial charge on any atom is -0.324 e. The number of nitrogens with two attached hydrogens (primary N) is 1. The van der Waals surface area contributed by atoms with Gasteiger partial charge in [-0.1, -0.05) is 24.6 Å². The number of benzene rings is 1. The molecule has 0 heterocycles. The predicted octanol–water partition coefficient (Wildman–Crippen LogP) is 3.24. The van der Waals surface area contributed by atoms with Gasteiger partial charge >= 0.3 is 0 Å². The van der Waals surface area contributed by atoms with E-state index in [2.05, 4.69) is 19.1 Å². The summed E-state index contributed by atoms with van der Waals surface area (Å²) in [6.45, 7) is 2.09. The molecular weight excluding hydrogens is 194 g/mol. The van der Waals surface area contributed by atoms with Crippen LogP contribution in [-0.4, -0.2) is 0 Å². The largest absolute Gasteiger partial charge is 0.324 e. The molecule has 2 heteroatoms. The minimum atomic E-state index is 0.0911. The molecule has 1 atom stereocenters. The van der Waals surface area contributed by atoms with E-state index in [1.54, 1.807) is 0 Å². The van der Waals surface area contributed by atoms with Crippen LogP contribution in [-0.2, 0) is 12.8 Å². The smallest absolute Gasteiger partial charge is 0.0456 e. The van der Waals surface area contributed by atoms with Crippen molar-refractivity contribution in [2.75, 3.05) is 0 Å². The SMILES string of the molecule is CC[C@H](N)c1cc2c(cc1Cl)CCC2. The molecule has 1 aliphatic rings. The Bertz CT molecular complexity index is 346. The first-order chi connectivity index (χ1) is 6.72. The van der Waals surface area contributed by atoms with Crippen molar-refractivity contribution in [3.8, 4) is 0 Å². The molecule has 0 bridgehead atoms. The highest BCUT2D eigenvalue weighted by molar-refractivity contribution is 6.31. The summed E-state index contributed by atoms with van der Waals surface area (Å²) in [4.78, 5) is 0. The molecule has 0 unspecified atom stereocenters. The molecule has 0 fully saturated rings. The molecule has 0 radical (unpaired) electrons. The first-order valence-corrected chi connectivity index (χ1v) is 5.67. The zero-order chi connectivity index (χ0) is 10.1. The molecular formula is C12H16ClN. The van der Waals surface area contributed by atoms with Gasteiger partial charge in [-0.05, 0) is 48.4 Å². The molecule has 1 aromatic carbocycles. The van der Waals surface area contributed by atoms with Gasteiger partial charge in [0.1, 0.15) is 0 Å². The molecule has 0 saturated heterocycles. The van der Waals surface area contributed by atoms with Gasteiger partial charge in [0.05, 0.1) is 0 Å². The van der Waals surface area contributed by atoms with Gasteiger partial charge in [0, 0.05) is 11.1 Å². The summed E-state index contributed by atoms with van der Waals surface area (Å²) in [5, 5.41) is 0.847. The second-order valence-corrected chi connectivity index (χ2v) is 4.42. The molecule has 14 heavy (non-hydrogen) atoms. The maximum Gasteiger partial charge on any atom is 0.0456 e. The van der Waals surface area contributed by atoms with Gasteiger partial charge in [0.2, 0.25) is 0 Å². The summed E-state index contributed by atoms with van der Waals surface area (Å²) in [7, 11) is 0. The fourth-order valence-corrected chi connectivity index (χ4v) is 2.44. The van der Waals surface area contributed by atoms with Gasteiger partial charge in [-0.25, -0.2) is 0 Å². The van der Waals surface area contributed by atoms with E-state index >= 15 is 0 Å². The first kappa shape index (κ1) is 10.0. The highest BCUT2D eigenvalue weighted by Crippen LogP contribution is 2.31. The van der Waals surface area contributed by atoms with Crippen LogP contribution in [0.4, 0.5) is 0 Å². The van der Waals surface area contributed by atoms with Crippen LogP contribution in [0.2, 0.25) is 5.02 Å². The van der Waals surface area contributed by atoms with E-state index < -0.39 is 0 Å². The van der Waals surface area contributed by atoms with E-state index in [4.69, 9.17) is 17.3 Å². The van der Waals surface area contributed by atoms with Crippen LogP contribution < -0.4 is 5.73 Å². The van der Waals surface area contributed by atoms with Crippen molar-refractivity contribution in [3.63, 3.8) is 0 Å². The number of rotatable bonds is 2. The third-order valence-electron chi connectivity index (χ3n) is 3.05. The summed E-state index contributed by atoms with van der Waals surface area (Å²) in [6, 6.07) is 4.40. The van der Waals surface area contributed by atoms with Crippen LogP contribution in [0.1, 0.15) is 42.5 Å². The topological polar surface area (TPSA) is 26.0 Å². The molecule has 1 nitrogen and oxygen atoms in total. The number of hydrogen-bond acceptors (Lipinski definition) is 1. The lowest BCUT2D eigenvalue weighted by molar-refractivity contribution is 0.698. The third-order valence-corrected chi connectivity index (χ3v) is 3.38. The fourth-order valence-electron chi connectivity index (χ4n) is 2.12. The Morgan fingerprint density at radius 1 is 1.36 bits per heavy atom. The van der Waals surface area contributed by atoms with Crippen molar-refractivity contribution in [2.24, 2.45) is 5.73 Å². The van der Waals surface area contributed by atoms with Crippen molar-refractivity contribution in [1.29, 1.82) is 0 Å². The van der Waals surface area contributed by atoms with Crippen LogP contribution in [0.25, 0.3) is 0 Å². The molecule has 0 aromatic heterocycles. The standard InChI is InChI=1S/C12H16ClN/c1-2-12(14)10-6-8-4-3-5-9(8)7-11(10)13/h6-7,12H,2-5,14H2,1H3/t12-/m0/s1. The average molecular weight is 210 g/mol. The second kappa shape index (κ2) is 3.92. The lowest BCUT2D eigenvalue weighted by Crippen LogP contribution is -2.09. The van der Waals surface area contributed by atoms with Crippen molar-refractivity contribution in [2.45, 2.75) is 38.6 Å². The normalized spacial score (nSPS) is 16.8. The average Bonchev–Trinajstić information content (AvgIpc) is 2.62. The Morgan fingerprint density at radius 3 is 2.64 bits per heavy atom. The highest BCUT2D eigenvalue weighted by atomic mass is 35.5. The quantitative estimate of drug-likeness (QED) is 0.795. The van der Waals surface area contributed by atoms with Gasteiger partial charge < -0.3 is 5.73 Å². The molecule has 2 N–H and O–H groups in total. The van der Waals surface area contributed by atoms with E-state index in [1.165, 1.54) is 30.4 Å². The van der Waals surface area contributed by atoms with Gasteiger partial charge in [-0.3, -0.25) is 0 Å². The van der Waals surface area contributed by atoms with Crippen molar-refractivity contribution >= 4 is 11.6 Å². The van der Waals surface area contributed by atoms with Crippen molar-refractivity contribution in [3.05, 3.63) is 33.8 Å². The van der Waals surface area contributed by atoms with E-state index in [1.807, 2.05) is 0 Å². The predicted molar refractivity (Wildman–Crippen MR) is 60.7 cm³/mol. The van der Waals surface area contributed by atoms with Crippen molar-refractivity contribution in [1.82, 2.24) is 0 Å². The van der Waals surface area contributed by atoms with E-state index in [0.29, 0.717) is 0 Å². The van der Waals surface area contributed by atoms with Crippen molar-refractivity contribution < 1.29 is 0 Å². The molecule has 0 saturated carbocycles. The van der Waals surface area contributed by atoms with Gasteiger partial charge in [-0.15, -0.1) is 0 Å². The van der Waals surface area contributed by atoms with E-state index in [-0.39, 0.29) is 6.04 Å². The van der Waals surface area contributed by atoms with Crippen LogP contribution in [0.3, 0.4) is 0 Å². The number of halogens is 1. The molecule has 1 aromatic rings. The summed E-state index contributed by atoms with van der Waals surface area (Å²) < 4.78 is 0. The maximum atomic E-state index is 6.20. The molecule has 0 amide bonds. The zero-order valence-electron chi connectivity index (χ0n) is 8.52.